The van der Waals surface area contributed by atoms with E-state index in [-0.39, 0.29) is 5.91 Å². The number of amides is 1. The molecule has 0 fully saturated rings. The van der Waals surface area contributed by atoms with Gasteiger partial charge in [0.15, 0.2) is 0 Å². The van der Waals surface area contributed by atoms with Crippen LogP contribution in [0.4, 0.5) is 0 Å². The van der Waals surface area contributed by atoms with Crippen LogP contribution in [0.2, 0.25) is 0 Å². The van der Waals surface area contributed by atoms with Crippen LogP contribution in [0.3, 0.4) is 0 Å². The van der Waals surface area contributed by atoms with E-state index in [4.69, 9.17) is 9.40 Å². The summed E-state index contributed by atoms with van der Waals surface area (Å²) in [5.74, 6) is 1.78. The molecular weight excluding hydrogens is 290 g/mol. The predicted molar refractivity (Wildman–Crippen MR) is 87.2 cm³/mol. The summed E-state index contributed by atoms with van der Waals surface area (Å²) >= 11 is 0. The molecule has 0 aliphatic carbocycles. The predicted octanol–water partition coefficient (Wildman–Crippen LogP) is 3.29. The molecule has 0 saturated carbocycles. The normalized spacial score (nSPS) is 14.4. The van der Waals surface area contributed by atoms with Gasteiger partial charge in [0, 0.05) is 18.5 Å². The lowest BCUT2D eigenvalue weighted by molar-refractivity contribution is 0.0948. The largest absolute Gasteiger partial charge is 0.467 e. The van der Waals surface area contributed by atoms with E-state index in [2.05, 4.69) is 9.88 Å². The van der Waals surface area contributed by atoms with E-state index >= 15 is 0 Å². The maximum absolute atomic E-state index is 12.3. The zero-order valence-electron chi connectivity index (χ0n) is 12.9. The molecule has 1 aliphatic rings. The molecular formula is C18H19N3O2. The fraction of sp³-hybridized carbons (Fsp3) is 0.333. The highest BCUT2D eigenvalue weighted by Crippen LogP contribution is 2.22. The van der Waals surface area contributed by atoms with Crippen molar-refractivity contribution in [3.05, 3.63) is 53.7 Å². The Balaban J connectivity index is 1.57. The van der Waals surface area contributed by atoms with Crippen molar-refractivity contribution in [3.8, 4) is 0 Å². The van der Waals surface area contributed by atoms with E-state index in [9.17, 15) is 4.79 Å². The number of carbonyl (C=O) groups excluding carboxylic acids is 1. The number of benzene rings is 1. The molecule has 1 aliphatic heterocycles. The van der Waals surface area contributed by atoms with Crippen LogP contribution >= 0.6 is 0 Å². The quantitative estimate of drug-likeness (QED) is 0.807. The van der Waals surface area contributed by atoms with Crippen molar-refractivity contribution in [1.29, 1.82) is 0 Å². The first-order valence-corrected chi connectivity index (χ1v) is 8.11. The third kappa shape index (κ3) is 2.74. The molecule has 1 N–H and O–H groups in total. The Hall–Kier alpha value is -2.56. The number of imidazole rings is 1. The van der Waals surface area contributed by atoms with Crippen LogP contribution in [-0.4, -0.2) is 15.5 Å². The number of aromatic nitrogens is 2. The molecule has 4 rings (SSSR count). The molecule has 5 heteroatoms. The van der Waals surface area contributed by atoms with E-state index in [1.807, 2.05) is 30.3 Å². The third-order valence-corrected chi connectivity index (χ3v) is 4.37. The monoisotopic (exact) mass is 309 g/mol. The number of nitrogens with zero attached hydrogens (tertiary/aromatic N) is 2. The Bertz CT molecular complexity index is 833. The van der Waals surface area contributed by atoms with Gasteiger partial charge < -0.3 is 14.3 Å². The Labute approximate surface area is 134 Å². The van der Waals surface area contributed by atoms with Crippen LogP contribution < -0.4 is 5.32 Å². The molecule has 1 amide bonds. The summed E-state index contributed by atoms with van der Waals surface area (Å²) in [4.78, 5) is 17.0. The highest BCUT2D eigenvalue weighted by molar-refractivity contribution is 5.97. The lowest BCUT2D eigenvalue weighted by Gasteiger charge is -2.05. The fourth-order valence-electron chi connectivity index (χ4n) is 3.17. The number of aryl methyl sites for hydroxylation is 2. The second-order valence-corrected chi connectivity index (χ2v) is 5.96. The highest BCUT2D eigenvalue weighted by atomic mass is 16.3. The number of nitrogens with one attached hydrogen (secondary N) is 1. The van der Waals surface area contributed by atoms with Crippen molar-refractivity contribution in [1.82, 2.24) is 14.9 Å². The lowest BCUT2D eigenvalue weighted by atomic mass is 10.2. The van der Waals surface area contributed by atoms with Crippen molar-refractivity contribution in [3.63, 3.8) is 0 Å². The van der Waals surface area contributed by atoms with E-state index in [1.54, 1.807) is 6.26 Å². The van der Waals surface area contributed by atoms with Gasteiger partial charge in [-0.1, -0.05) is 6.42 Å². The minimum Gasteiger partial charge on any atom is -0.467 e. The zero-order chi connectivity index (χ0) is 15.6. The Morgan fingerprint density at radius 1 is 1.26 bits per heavy atom. The molecule has 3 heterocycles. The molecule has 0 spiro atoms. The minimum absolute atomic E-state index is 0.105. The van der Waals surface area contributed by atoms with Crippen molar-refractivity contribution in [2.24, 2.45) is 0 Å². The average Bonchev–Trinajstić information content (AvgIpc) is 3.14. The van der Waals surface area contributed by atoms with Crippen molar-refractivity contribution >= 4 is 16.9 Å². The highest BCUT2D eigenvalue weighted by Gasteiger charge is 2.15. The van der Waals surface area contributed by atoms with Gasteiger partial charge >= 0.3 is 0 Å². The molecule has 3 aromatic rings. The van der Waals surface area contributed by atoms with E-state index in [0.29, 0.717) is 12.1 Å². The van der Waals surface area contributed by atoms with Crippen LogP contribution in [0.15, 0.2) is 41.0 Å². The number of carbonyl (C=O) groups is 1. The van der Waals surface area contributed by atoms with Gasteiger partial charge in [0.25, 0.3) is 5.91 Å². The second kappa shape index (κ2) is 5.91. The van der Waals surface area contributed by atoms with Crippen molar-refractivity contribution < 1.29 is 9.21 Å². The van der Waals surface area contributed by atoms with E-state index in [1.165, 1.54) is 19.3 Å². The van der Waals surface area contributed by atoms with Gasteiger partial charge in [-0.15, -0.1) is 0 Å². The molecule has 0 saturated heterocycles. The molecule has 1 aromatic carbocycles. The summed E-state index contributed by atoms with van der Waals surface area (Å²) in [6.45, 7) is 1.42. The second-order valence-electron chi connectivity index (χ2n) is 5.96. The van der Waals surface area contributed by atoms with E-state index < -0.39 is 0 Å². The minimum atomic E-state index is -0.105. The summed E-state index contributed by atoms with van der Waals surface area (Å²) < 4.78 is 7.53. The average molecular weight is 309 g/mol. The van der Waals surface area contributed by atoms with Gasteiger partial charge in [0.1, 0.15) is 11.6 Å². The number of fused-ring (bicyclic) bond motifs is 3. The van der Waals surface area contributed by atoms with Crippen LogP contribution in [-0.2, 0) is 19.5 Å². The maximum Gasteiger partial charge on any atom is 0.251 e. The zero-order valence-corrected chi connectivity index (χ0v) is 12.9. The van der Waals surface area contributed by atoms with Crippen molar-refractivity contribution in [2.75, 3.05) is 0 Å². The number of furan rings is 1. The summed E-state index contributed by atoms with van der Waals surface area (Å²) in [5.41, 5.74) is 2.68. The third-order valence-electron chi connectivity index (χ3n) is 4.37. The number of hydrogen-bond acceptors (Lipinski definition) is 3. The summed E-state index contributed by atoms with van der Waals surface area (Å²) in [6, 6.07) is 9.43. The van der Waals surface area contributed by atoms with Gasteiger partial charge in [-0.3, -0.25) is 4.79 Å². The molecule has 0 bridgehead atoms. The number of hydrogen-bond donors (Lipinski definition) is 1. The Kier molecular flexibility index (Phi) is 3.61. The lowest BCUT2D eigenvalue weighted by Crippen LogP contribution is -2.22. The SMILES string of the molecule is O=C(NCc1ccco1)c1ccc2c(c1)nc1n2CCCCC1. The van der Waals surface area contributed by atoms with Gasteiger partial charge in [0.2, 0.25) is 0 Å². The smallest absolute Gasteiger partial charge is 0.251 e. The molecule has 0 unspecified atom stereocenters. The summed E-state index contributed by atoms with van der Waals surface area (Å²) in [7, 11) is 0. The van der Waals surface area contributed by atoms with Gasteiger partial charge in [-0.2, -0.15) is 0 Å². The summed E-state index contributed by atoms with van der Waals surface area (Å²) in [6.07, 6.45) is 6.28. The van der Waals surface area contributed by atoms with Gasteiger partial charge in [-0.25, -0.2) is 4.98 Å². The van der Waals surface area contributed by atoms with Crippen LogP contribution in [0.5, 0.6) is 0 Å². The van der Waals surface area contributed by atoms with Crippen LogP contribution in [0.1, 0.15) is 41.2 Å². The first-order valence-electron chi connectivity index (χ1n) is 8.11. The molecule has 23 heavy (non-hydrogen) atoms. The van der Waals surface area contributed by atoms with E-state index in [0.717, 1.165) is 35.6 Å². The molecule has 0 radical (unpaired) electrons. The first kappa shape index (κ1) is 14.1. The standard InChI is InChI=1S/C18H19N3O2/c22-18(19-12-14-5-4-10-23-14)13-7-8-16-15(11-13)20-17-6-2-1-3-9-21(16)17/h4-5,7-8,10-11H,1-3,6,9,12H2,(H,19,22). The first-order chi connectivity index (χ1) is 11.3. The molecule has 2 aromatic heterocycles. The topological polar surface area (TPSA) is 60.1 Å². The molecule has 5 nitrogen and oxygen atoms in total. The van der Waals surface area contributed by atoms with Crippen LogP contribution in [0.25, 0.3) is 11.0 Å². The van der Waals surface area contributed by atoms with Crippen LogP contribution in [0, 0.1) is 0 Å². The molecule has 0 atom stereocenters. The Morgan fingerprint density at radius 2 is 2.22 bits per heavy atom. The maximum atomic E-state index is 12.3. The van der Waals surface area contributed by atoms with Crippen molar-refractivity contribution in [2.45, 2.75) is 38.8 Å². The fourth-order valence-corrected chi connectivity index (χ4v) is 3.17. The van der Waals surface area contributed by atoms with Gasteiger partial charge in [-0.05, 0) is 43.2 Å². The molecule has 118 valence electrons. The van der Waals surface area contributed by atoms with Gasteiger partial charge in [0.05, 0.1) is 23.8 Å². The number of rotatable bonds is 3. The Morgan fingerprint density at radius 3 is 3.09 bits per heavy atom. The summed E-state index contributed by atoms with van der Waals surface area (Å²) in [5, 5.41) is 2.87.